The second-order valence-corrected chi connectivity index (χ2v) is 6.65. The second-order valence-electron chi connectivity index (χ2n) is 5.70. The van der Waals surface area contributed by atoms with Gasteiger partial charge in [0.25, 0.3) is 0 Å². The van der Waals surface area contributed by atoms with Crippen LogP contribution in [0.2, 0.25) is 0 Å². The number of nitrogens with one attached hydrogen (secondary N) is 1. The fourth-order valence-electron chi connectivity index (χ4n) is 2.91. The van der Waals surface area contributed by atoms with Gasteiger partial charge in [-0.25, -0.2) is 0 Å². The maximum atomic E-state index is 12.3. The van der Waals surface area contributed by atoms with Crippen LogP contribution in [0.1, 0.15) is 31.6 Å². The van der Waals surface area contributed by atoms with Gasteiger partial charge in [0.15, 0.2) is 0 Å². The number of Topliss-reactive ketones (excluding diaryl/α,β-unsaturated/α-hetero) is 1. The van der Waals surface area contributed by atoms with Gasteiger partial charge in [-0.1, -0.05) is 19.9 Å². The molecule has 0 amide bonds. The Hall–Kier alpha value is -1.16. The van der Waals surface area contributed by atoms with Crippen LogP contribution in [0.25, 0.3) is 0 Å². The highest BCUT2D eigenvalue weighted by Crippen LogP contribution is 2.39. The lowest BCUT2D eigenvalue weighted by atomic mass is 9.69. The summed E-state index contributed by atoms with van der Waals surface area (Å²) in [5.74, 6) is 0.310. The molecule has 0 radical (unpaired) electrons. The summed E-state index contributed by atoms with van der Waals surface area (Å²) in [6.07, 6.45) is 1.68. The van der Waals surface area contributed by atoms with Crippen molar-refractivity contribution in [3.63, 3.8) is 0 Å². The van der Waals surface area contributed by atoms with E-state index in [-0.39, 0.29) is 17.4 Å². The molecule has 2 atom stereocenters. The molecule has 1 aromatic heterocycles. The smallest absolute Gasteiger partial charge is 0.144 e. The minimum Gasteiger partial charge on any atom is -0.306 e. The van der Waals surface area contributed by atoms with E-state index < -0.39 is 0 Å². The lowest BCUT2D eigenvalue weighted by molar-refractivity contribution is -0.126. The molecule has 0 bridgehead atoms. The standard InChI is InChI=1S/C13H16N2OS/c1-13(2)6-8-11(9(16)7-13)12(15-14-8)10-4-3-5-17-10/h3-5,8,11,14H,6-7H2,1-2H3/t8-,11+/m1/s1. The van der Waals surface area contributed by atoms with Gasteiger partial charge in [0.2, 0.25) is 0 Å². The summed E-state index contributed by atoms with van der Waals surface area (Å²) < 4.78 is 0. The topological polar surface area (TPSA) is 41.5 Å². The number of thiophene rings is 1. The quantitative estimate of drug-likeness (QED) is 0.829. The lowest BCUT2D eigenvalue weighted by Crippen LogP contribution is -2.45. The van der Waals surface area contributed by atoms with Gasteiger partial charge in [-0.3, -0.25) is 4.79 Å². The zero-order chi connectivity index (χ0) is 12.0. The van der Waals surface area contributed by atoms with E-state index in [2.05, 4.69) is 24.4 Å². The molecule has 3 rings (SSSR count). The van der Waals surface area contributed by atoms with Crippen LogP contribution in [0.5, 0.6) is 0 Å². The summed E-state index contributed by atoms with van der Waals surface area (Å²) >= 11 is 1.65. The van der Waals surface area contributed by atoms with Crippen LogP contribution in [0.3, 0.4) is 0 Å². The Bertz CT molecular complexity index is 476. The van der Waals surface area contributed by atoms with Crippen molar-refractivity contribution in [3.05, 3.63) is 22.4 Å². The van der Waals surface area contributed by atoms with E-state index in [4.69, 9.17) is 0 Å². The van der Waals surface area contributed by atoms with Crippen molar-refractivity contribution in [1.82, 2.24) is 5.43 Å². The number of fused-ring (bicyclic) bond motifs is 1. The van der Waals surface area contributed by atoms with Gasteiger partial charge in [-0.05, 0) is 23.3 Å². The normalized spacial score (nSPS) is 30.7. The largest absolute Gasteiger partial charge is 0.306 e. The number of hydrazone groups is 1. The molecule has 1 aliphatic carbocycles. The molecule has 0 saturated heterocycles. The van der Waals surface area contributed by atoms with Crippen molar-refractivity contribution in [2.45, 2.75) is 32.7 Å². The van der Waals surface area contributed by atoms with Gasteiger partial charge in [0.05, 0.1) is 22.5 Å². The second kappa shape index (κ2) is 3.67. The Labute approximate surface area is 105 Å². The summed E-state index contributed by atoms with van der Waals surface area (Å²) in [5.41, 5.74) is 4.21. The first-order valence-corrected chi connectivity index (χ1v) is 6.84. The van der Waals surface area contributed by atoms with E-state index in [1.54, 1.807) is 11.3 Å². The number of carbonyl (C=O) groups is 1. The number of hydrogen-bond donors (Lipinski definition) is 1. The molecule has 0 unspecified atom stereocenters. The predicted molar refractivity (Wildman–Crippen MR) is 69.3 cm³/mol. The average Bonchev–Trinajstić information content (AvgIpc) is 2.81. The third-order valence-corrected chi connectivity index (χ3v) is 4.49. The molecule has 1 fully saturated rings. The molecule has 90 valence electrons. The molecule has 17 heavy (non-hydrogen) atoms. The zero-order valence-corrected chi connectivity index (χ0v) is 10.9. The third-order valence-electron chi connectivity index (χ3n) is 3.59. The highest BCUT2D eigenvalue weighted by Gasteiger charge is 2.46. The van der Waals surface area contributed by atoms with Gasteiger partial charge < -0.3 is 5.43 Å². The summed E-state index contributed by atoms with van der Waals surface area (Å²) in [7, 11) is 0. The Balaban J connectivity index is 1.91. The Morgan fingerprint density at radius 2 is 2.35 bits per heavy atom. The molecule has 0 spiro atoms. The maximum absolute atomic E-state index is 12.3. The van der Waals surface area contributed by atoms with E-state index in [1.165, 1.54) is 0 Å². The molecule has 4 heteroatoms. The number of rotatable bonds is 1. The molecule has 0 aromatic carbocycles. The molecule has 3 nitrogen and oxygen atoms in total. The van der Waals surface area contributed by atoms with E-state index in [0.717, 1.165) is 17.0 Å². The number of ketones is 1. The van der Waals surface area contributed by atoms with Crippen molar-refractivity contribution < 1.29 is 4.79 Å². The van der Waals surface area contributed by atoms with Crippen molar-refractivity contribution in [1.29, 1.82) is 0 Å². The highest BCUT2D eigenvalue weighted by molar-refractivity contribution is 7.12. The van der Waals surface area contributed by atoms with Crippen LogP contribution < -0.4 is 5.43 Å². The van der Waals surface area contributed by atoms with Crippen LogP contribution in [0.4, 0.5) is 0 Å². The number of hydrogen-bond acceptors (Lipinski definition) is 4. The minimum absolute atomic E-state index is 0.0262. The van der Waals surface area contributed by atoms with Gasteiger partial charge in [-0.2, -0.15) is 5.10 Å². The number of nitrogens with zero attached hydrogens (tertiary/aromatic N) is 1. The average molecular weight is 248 g/mol. The van der Waals surface area contributed by atoms with Crippen molar-refractivity contribution in [3.8, 4) is 0 Å². The zero-order valence-electron chi connectivity index (χ0n) is 10.1. The first-order chi connectivity index (χ1) is 8.07. The van der Waals surface area contributed by atoms with Crippen LogP contribution >= 0.6 is 11.3 Å². The van der Waals surface area contributed by atoms with Gasteiger partial charge in [0.1, 0.15) is 5.78 Å². The predicted octanol–water partition coefficient (Wildman–Crippen LogP) is 2.43. The van der Waals surface area contributed by atoms with Crippen molar-refractivity contribution in [2.75, 3.05) is 0 Å². The van der Waals surface area contributed by atoms with Gasteiger partial charge in [0, 0.05) is 6.42 Å². The van der Waals surface area contributed by atoms with Gasteiger partial charge >= 0.3 is 0 Å². The summed E-state index contributed by atoms with van der Waals surface area (Å²) in [5, 5.41) is 6.43. The molecule has 1 saturated carbocycles. The van der Waals surface area contributed by atoms with Gasteiger partial charge in [-0.15, -0.1) is 11.3 Å². The maximum Gasteiger partial charge on any atom is 0.144 e. The molecule has 1 aromatic rings. The summed E-state index contributed by atoms with van der Waals surface area (Å²) in [6.45, 7) is 4.32. The molecular formula is C13H16N2OS. The van der Waals surface area contributed by atoms with Crippen LogP contribution in [0.15, 0.2) is 22.6 Å². The molecule has 2 aliphatic rings. The molecule has 1 N–H and O–H groups in total. The first kappa shape index (κ1) is 11.0. The molecule has 1 aliphatic heterocycles. The Morgan fingerprint density at radius 3 is 3.06 bits per heavy atom. The fraction of sp³-hybridized carbons (Fsp3) is 0.538. The summed E-state index contributed by atoms with van der Waals surface area (Å²) in [4.78, 5) is 13.4. The van der Waals surface area contributed by atoms with E-state index in [1.807, 2.05) is 17.5 Å². The number of carbonyl (C=O) groups excluding carboxylic acids is 1. The molecule has 2 heterocycles. The summed E-state index contributed by atoms with van der Waals surface area (Å²) in [6, 6.07) is 4.25. The fourth-order valence-corrected chi connectivity index (χ4v) is 3.66. The van der Waals surface area contributed by atoms with E-state index in [0.29, 0.717) is 12.2 Å². The highest BCUT2D eigenvalue weighted by atomic mass is 32.1. The Kier molecular flexibility index (Phi) is 2.36. The van der Waals surface area contributed by atoms with Crippen molar-refractivity contribution >= 4 is 22.8 Å². The Morgan fingerprint density at radius 1 is 1.53 bits per heavy atom. The van der Waals surface area contributed by atoms with Crippen LogP contribution in [0, 0.1) is 11.3 Å². The first-order valence-electron chi connectivity index (χ1n) is 5.96. The van der Waals surface area contributed by atoms with Crippen LogP contribution in [-0.2, 0) is 4.79 Å². The van der Waals surface area contributed by atoms with E-state index >= 15 is 0 Å². The van der Waals surface area contributed by atoms with E-state index in [9.17, 15) is 4.79 Å². The lowest BCUT2D eigenvalue weighted by Gasteiger charge is -2.36. The monoisotopic (exact) mass is 248 g/mol. The molecular weight excluding hydrogens is 232 g/mol. The minimum atomic E-state index is -0.0262. The van der Waals surface area contributed by atoms with Crippen molar-refractivity contribution in [2.24, 2.45) is 16.4 Å². The van der Waals surface area contributed by atoms with Crippen LogP contribution in [-0.4, -0.2) is 17.5 Å². The SMILES string of the molecule is CC1(C)CC(=O)[C@H]2C(c3cccs3)=NN[C@@H]2C1. The third kappa shape index (κ3) is 1.80.